The number of carbonyl (C=O) groups excluding carboxylic acids is 1. The third-order valence-corrected chi connectivity index (χ3v) is 3.46. The summed E-state index contributed by atoms with van der Waals surface area (Å²) in [4.78, 5) is 13.6. The van der Waals surface area contributed by atoms with Crippen molar-refractivity contribution in [2.45, 2.75) is 25.1 Å². The van der Waals surface area contributed by atoms with Crippen LogP contribution < -0.4 is 5.73 Å². The fourth-order valence-corrected chi connectivity index (χ4v) is 2.30. The van der Waals surface area contributed by atoms with E-state index in [0.29, 0.717) is 13.2 Å². The van der Waals surface area contributed by atoms with Crippen LogP contribution in [0.2, 0.25) is 0 Å². The van der Waals surface area contributed by atoms with Crippen molar-refractivity contribution in [1.29, 1.82) is 0 Å². The molecule has 1 aliphatic heterocycles. The fraction of sp³-hybridized carbons (Fsp3) is 0.500. The number of nitrogens with two attached hydrogens (primary N) is 1. The number of hydrogen-bond acceptors (Lipinski definition) is 3. The Morgan fingerprint density at radius 1 is 1.48 bits per heavy atom. The van der Waals surface area contributed by atoms with Crippen LogP contribution in [0.3, 0.4) is 0 Å². The molecule has 116 valence electrons. The van der Waals surface area contributed by atoms with Gasteiger partial charge >= 0.3 is 6.18 Å². The summed E-state index contributed by atoms with van der Waals surface area (Å²) < 4.78 is 43.5. The molecule has 1 unspecified atom stereocenters. The molecular weight excluding hydrogens is 285 g/mol. The SMILES string of the molecule is CN(CC1CCCO1)C(=O)c1cc(C(F)(F)F)ccc1N. The Kier molecular flexibility index (Phi) is 4.41. The van der Waals surface area contributed by atoms with Crippen LogP contribution in [0.4, 0.5) is 18.9 Å². The van der Waals surface area contributed by atoms with Gasteiger partial charge in [-0.15, -0.1) is 0 Å². The molecule has 4 nitrogen and oxygen atoms in total. The zero-order valence-electron chi connectivity index (χ0n) is 11.6. The van der Waals surface area contributed by atoms with Crippen molar-refractivity contribution in [2.24, 2.45) is 0 Å². The third kappa shape index (κ3) is 3.66. The zero-order valence-corrected chi connectivity index (χ0v) is 11.6. The van der Waals surface area contributed by atoms with Gasteiger partial charge in [0.2, 0.25) is 0 Å². The molecule has 1 atom stereocenters. The molecule has 0 radical (unpaired) electrons. The number of nitrogen functional groups attached to an aromatic ring is 1. The number of likely N-dealkylation sites (N-methyl/N-ethyl adjacent to an activating group) is 1. The van der Waals surface area contributed by atoms with Crippen molar-refractivity contribution in [2.75, 3.05) is 25.9 Å². The highest BCUT2D eigenvalue weighted by atomic mass is 19.4. The molecule has 0 saturated carbocycles. The van der Waals surface area contributed by atoms with Gasteiger partial charge in [0.15, 0.2) is 0 Å². The highest BCUT2D eigenvalue weighted by Gasteiger charge is 2.32. The minimum absolute atomic E-state index is 0.0344. The van der Waals surface area contributed by atoms with Gasteiger partial charge in [-0.25, -0.2) is 0 Å². The molecule has 1 amide bonds. The minimum atomic E-state index is -4.50. The standard InChI is InChI=1S/C14H17F3N2O2/c1-19(8-10-3-2-6-21-10)13(20)11-7-9(14(15,16)17)4-5-12(11)18/h4-5,7,10H,2-3,6,8,18H2,1H3. The number of amides is 1. The van der Waals surface area contributed by atoms with E-state index in [1.165, 1.54) is 11.9 Å². The smallest absolute Gasteiger partial charge is 0.398 e. The second kappa shape index (κ2) is 5.93. The molecule has 0 aromatic heterocycles. The number of ether oxygens (including phenoxy) is 1. The summed E-state index contributed by atoms with van der Waals surface area (Å²) in [6, 6.07) is 2.77. The van der Waals surface area contributed by atoms with Crippen molar-refractivity contribution in [3.63, 3.8) is 0 Å². The Morgan fingerprint density at radius 2 is 2.19 bits per heavy atom. The summed E-state index contributed by atoms with van der Waals surface area (Å²) >= 11 is 0. The van der Waals surface area contributed by atoms with Gasteiger partial charge in [-0.05, 0) is 31.0 Å². The molecule has 1 aliphatic rings. The normalized spacial score (nSPS) is 18.8. The second-order valence-corrected chi connectivity index (χ2v) is 5.12. The van der Waals surface area contributed by atoms with Gasteiger partial charge in [-0.3, -0.25) is 4.79 Å². The van der Waals surface area contributed by atoms with Gasteiger partial charge in [0.25, 0.3) is 5.91 Å². The van der Waals surface area contributed by atoms with Crippen molar-refractivity contribution in [1.82, 2.24) is 4.90 Å². The van der Waals surface area contributed by atoms with E-state index >= 15 is 0 Å². The van der Waals surface area contributed by atoms with Gasteiger partial charge in [0.05, 0.1) is 17.2 Å². The molecule has 0 bridgehead atoms. The highest BCUT2D eigenvalue weighted by molar-refractivity contribution is 5.99. The average molecular weight is 302 g/mol. The minimum Gasteiger partial charge on any atom is -0.398 e. The fourth-order valence-electron chi connectivity index (χ4n) is 2.30. The summed E-state index contributed by atoms with van der Waals surface area (Å²) in [6.07, 6.45) is -2.80. The van der Waals surface area contributed by atoms with Crippen molar-refractivity contribution >= 4 is 11.6 Å². The second-order valence-electron chi connectivity index (χ2n) is 5.12. The maximum absolute atomic E-state index is 12.7. The number of anilines is 1. The van der Waals surface area contributed by atoms with E-state index in [4.69, 9.17) is 10.5 Å². The Balaban J connectivity index is 2.17. The van der Waals surface area contributed by atoms with Crippen molar-refractivity contribution < 1.29 is 22.7 Å². The largest absolute Gasteiger partial charge is 0.416 e. The predicted molar refractivity (Wildman–Crippen MR) is 71.8 cm³/mol. The molecule has 0 aliphatic carbocycles. The molecule has 1 saturated heterocycles. The van der Waals surface area contributed by atoms with Gasteiger partial charge in [0.1, 0.15) is 0 Å². The van der Waals surface area contributed by atoms with E-state index in [0.717, 1.165) is 31.0 Å². The monoisotopic (exact) mass is 302 g/mol. The van der Waals surface area contributed by atoms with E-state index in [1.54, 1.807) is 0 Å². The van der Waals surface area contributed by atoms with Gasteiger partial charge in [-0.2, -0.15) is 13.2 Å². The predicted octanol–water partition coefficient (Wildman–Crippen LogP) is 2.54. The first-order valence-electron chi connectivity index (χ1n) is 6.63. The van der Waals surface area contributed by atoms with Crippen LogP contribution in [-0.4, -0.2) is 37.1 Å². The summed E-state index contributed by atoms with van der Waals surface area (Å²) in [5.74, 6) is -0.533. The molecule has 2 N–H and O–H groups in total. The van der Waals surface area contributed by atoms with E-state index in [9.17, 15) is 18.0 Å². The van der Waals surface area contributed by atoms with E-state index in [-0.39, 0.29) is 17.4 Å². The molecule has 1 heterocycles. The first-order chi connectivity index (χ1) is 9.79. The molecule has 7 heteroatoms. The Bertz CT molecular complexity index is 525. The van der Waals surface area contributed by atoms with Crippen molar-refractivity contribution in [3.8, 4) is 0 Å². The summed E-state index contributed by atoms with van der Waals surface area (Å²) in [6.45, 7) is 0.993. The third-order valence-electron chi connectivity index (χ3n) is 3.46. The first-order valence-corrected chi connectivity index (χ1v) is 6.63. The summed E-state index contributed by atoms with van der Waals surface area (Å²) in [5, 5.41) is 0. The molecule has 21 heavy (non-hydrogen) atoms. The quantitative estimate of drug-likeness (QED) is 0.873. The number of alkyl halides is 3. The Labute approximate surface area is 120 Å². The number of nitrogens with zero attached hydrogens (tertiary/aromatic N) is 1. The van der Waals surface area contributed by atoms with Crippen LogP contribution in [0.15, 0.2) is 18.2 Å². The molecule has 1 aromatic carbocycles. The van der Waals surface area contributed by atoms with Crippen LogP contribution in [-0.2, 0) is 10.9 Å². The van der Waals surface area contributed by atoms with Crippen LogP contribution in [0.5, 0.6) is 0 Å². The van der Waals surface area contributed by atoms with Gasteiger partial charge in [0, 0.05) is 25.9 Å². The molecule has 1 aromatic rings. The highest BCUT2D eigenvalue weighted by Crippen LogP contribution is 2.31. The number of rotatable bonds is 3. The molecule has 2 rings (SSSR count). The molecular formula is C14H17F3N2O2. The molecule has 1 fully saturated rings. The van der Waals surface area contributed by atoms with E-state index in [2.05, 4.69) is 0 Å². The van der Waals surface area contributed by atoms with Crippen LogP contribution in [0.1, 0.15) is 28.8 Å². The lowest BCUT2D eigenvalue weighted by molar-refractivity contribution is -0.137. The number of hydrogen-bond donors (Lipinski definition) is 1. The van der Waals surface area contributed by atoms with Crippen molar-refractivity contribution in [3.05, 3.63) is 29.3 Å². The van der Waals surface area contributed by atoms with E-state index in [1.807, 2.05) is 0 Å². The molecule has 0 spiro atoms. The number of carbonyl (C=O) groups is 1. The lowest BCUT2D eigenvalue weighted by Crippen LogP contribution is -2.34. The van der Waals surface area contributed by atoms with Crippen LogP contribution >= 0.6 is 0 Å². The summed E-state index contributed by atoms with van der Waals surface area (Å²) in [5.41, 5.74) is 4.65. The number of benzene rings is 1. The van der Waals surface area contributed by atoms with Gasteiger partial charge in [-0.1, -0.05) is 0 Å². The maximum Gasteiger partial charge on any atom is 0.416 e. The first kappa shape index (κ1) is 15.6. The van der Waals surface area contributed by atoms with Crippen LogP contribution in [0, 0.1) is 0 Å². The zero-order chi connectivity index (χ0) is 15.6. The Hall–Kier alpha value is -1.76. The Morgan fingerprint density at radius 3 is 2.76 bits per heavy atom. The lowest BCUT2D eigenvalue weighted by atomic mass is 10.1. The van der Waals surface area contributed by atoms with E-state index < -0.39 is 17.6 Å². The average Bonchev–Trinajstić information content (AvgIpc) is 2.90. The maximum atomic E-state index is 12.7. The van der Waals surface area contributed by atoms with Crippen LogP contribution in [0.25, 0.3) is 0 Å². The summed E-state index contributed by atoms with van der Waals surface area (Å²) in [7, 11) is 1.53. The lowest BCUT2D eigenvalue weighted by Gasteiger charge is -2.22. The number of halogens is 3. The van der Waals surface area contributed by atoms with Gasteiger partial charge < -0.3 is 15.4 Å². The topological polar surface area (TPSA) is 55.6 Å².